The highest BCUT2D eigenvalue weighted by atomic mass is 32.2. The normalized spacial score (nSPS) is 12.2. The summed E-state index contributed by atoms with van der Waals surface area (Å²) >= 11 is 0. The van der Waals surface area contributed by atoms with E-state index in [1.54, 1.807) is 6.07 Å². The molecule has 0 radical (unpaired) electrons. The van der Waals surface area contributed by atoms with Crippen LogP contribution in [-0.4, -0.2) is 18.2 Å². The second-order valence-corrected chi connectivity index (χ2v) is 7.49. The van der Waals surface area contributed by atoms with Gasteiger partial charge in [-0.25, -0.2) is 12.8 Å². The van der Waals surface area contributed by atoms with Crippen LogP contribution in [0.3, 0.4) is 0 Å². The van der Waals surface area contributed by atoms with E-state index in [0.717, 1.165) is 24.3 Å². The Hall–Kier alpha value is -2.88. The molecule has 10 heteroatoms. The van der Waals surface area contributed by atoms with E-state index >= 15 is 0 Å². The molecule has 3 aromatic rings. The fraction of sp³-hybridized carbons (Fsp3) is 0.167. The van der Waals surface area contributed by atoms with E-state index in [-0.39, 0.29) is 17.0 Å². The molecule has 0 aliphatic carbocycles. The molecular weight excluding hydrogens is 398 g/mol. The van der Waals surface area contributed by atoms with Crippen molar-refractivity contribution in [1.29, 1.82) is 0 Å². The van der Waals surface area contributed by atoms with Crippen molar-refractivity contribution < 1.29 is 26.0 Å². The molecule has 0 atom stereocenters. The van der Waals surface area contributed by atoms with E-state index in [0.29, 0.717) is 4.68 Å². The van der Waals surface area contributed by atoms with Gasteiger partial charge >= 0.3 is 6.18 Å². The SMILES string of the molecule is CCn1nc(NS(=O)(=O)c2ccccc2)c(-c2ccc(F)cc2)c1C(F)(F)F. The zero-order valence-corrected chi connectivity index (χ0v) is 15.4. The van der Waals surface area contributed by atoms with Gasteiger partial charge in [0.2, 0.25) is 0 Å². The molecule has 28 heavy (non-hydrogen) atoms. The minimum Gasteiger partial charge on any atom is -0.261 e. The summed E-state index contributed by atoms with van der Waals surface area (Å²) in [6, 6.07) is 11.5. The van der Waals surface area contributed by atoms with E-state index in [2.05, 4.69) is 9.82 Å². The summed E-state index contributed by atoms with van der Waals surface area (Å²) in [5.41, 5.74) is -1.60. The number of alkyl halides is 3. The number of hydrogen-bond acceptors (Lipinski definition) is 3. The number of aromatic nitrogens is 2. The van der Waals surface area contributed by atoms with Crippen molar-refractivity contribution in [3.05, 3.63) is 66.1 Å². The summed E-state index contributed by atoms with van der Waals surface area (Å²) in [7, 11) is -4.18. The van der Waals surface area contributed by atoms with Crippen LogP contribution in [0.25, 0.3) is 11.1 Å². The van der Waals surface area contributed by atoms with Gasteiger partial charge in [-0.15, -0.1) is 0 Å². The molecule has 0 saturated carbocycles. The van der Waals surface area contributed by atoms with Crippen LogP contribution in [-0.2, 0) is 22.7 Å². The molecule has 0 amide bonds. The maximum absolute atomic E-state index is 13.7. The number of sulfonamides is 1. The fourth-order valence-corrected chi connectivity index (χ4v) is 3.76. The van der Waals surface area contributed by atoms with Crippen molar-refractivity contribution in [2.45, 2.75) is 24.5 Å². The van der Waals surface area contributed by atoms with Gasteiger partial charge in [0, 0.05) is 6.54 Å². The minimum atomic E-state index is -4.80. The van der Waals surface area contributed by atoms with Crippen molar-refractivity contribution in [3.63, 3.8) is 0 Å². The van der Waals surface area contributed by atoms with Gasteiger partial charge < -0.3 is 0 Å². The van der Waals surface area contributed by atoms with Crippen molar-refractivity contribution >= 4 is 15.8 Å². The summed E-state index contributed by atoms with van der Waals surface area (Å²) in [5.74, 6) is -1.11. The first kappa shape index (κ1) is 19.9. The fourth-order valence-electron chi connectivity index (χ4n) is 2.73. The molecule has 0 aliphatic rings. The van der Waals surface area contributed by atoms with Gasteiger partial charge in [-0.05, 0) is 36.8 Å². The number of rotatable bonds is 5. The lowest BCUT2D eigenvalue weighted by Gasteiger charge is -2.12. The molecule has 2 aromatic carbocycles. The first-order valence-corrected chi connectivity index (χ1v) is 9.63. The first-order valence-electron chi connectivity index (χ1n) is 8.15. The van der Waals surface area contributed by atoms with Crippen molar-refractivity contribution in [1.82, 2.24) is 9.78 Å². The average molecular weight is 413 g/mol. The number of nitrogens with zero attached hydrogens (tertiary/aromatic N) is 2. The van der Waals surface area contributed by atoms with Gasteiger partial charge in [0.1, 0.15) is 5.82 Å². The second-order valence-electron chi connectivity index (χ2n) is 5.81. The van der Waals surface area contributed by atoms with Gasteiger partial charge in [-0.2, -0.15) is 18.3 Å². The smallest absolute Gasteiger partial charge is 0.261 e. The molecule has 1 N–H and O–H groups in total. The molecular formula is C18H15F4N3O2S. The molecule has 1 aromatic heterocycles. The monoisotopic (exact) mass is 413 g/mol. The Morgan fingerprint density at radius 2 is 1.64 bits per heavy atom. The molecule has 0 aliphatic heterocycles. The number of halogens is 4. The van der Waals surface area contributed by atoms with Crippen LogP contribution in [0, 0.1) is 5.82 Å². The quantitative estimate of drug-likeness (QED) is 0.625. The Bertz CT molecular complexity index is 1080. The molecule has 5 nitrogen and oxygen atoms in total. The first-order chi connectivity index (χ1) is 13.1. The maximum Gasteiger partial charge on any atom is 0.433 e. The number of aryl methyl sites for hydroxylation is 1. The van der Waals surface area contributed by atoms with Crippen LogP contribution in [0.2, 0.25) is 0 Å². The Balaban J connectivity index is 2.21. The minimum absolute atomic E-state index is 0.0146. The van der Waals surface area contributed by atoms with Crippen molar-refractivity contribution in [2.24, 2.45) is 0 Å². The zero-order valence-electron chi connectivity index (χ0n) is 14.5. The largest absolute Gasteiger partial charge is 0.433 e. The van der Waals surface area contributed by atoms with Crippen LogP contribution in [0.4, 0.5) is 23.4 Å². The van der Waals surface area contributed by atoms with E-state index in [4.69, 9.17) is 0 Å². The van der Waals surface area contributed by atoms with Crippen LogP contribution >= 0.6 is 0 Å². The summed E-state index contributed by atoms with van der Waals surface area (Å²) < 4.78 is 82.4. The highest BCUT2D eigenvalue weighted by Gasteiger charge is 2.40. The summed E-state index contributed by atoms with van der Waals surface area (Å²) in [6.07, 6.45) is -4.80. The third kappa shape index (κ3) is 3.86. The second kappa shape index (κ2) is 7.27. The molecule has 0 fully saturated rings. The van der Waals surface area contributed by atoms with E-state index in [1.165, 1.54) is 31.2 Å². The molecule has 0 saturated heterocycles. The highest BCUT2D eigenvalue weighted by molar-refractivity contribution is 7.92. The topological polar surface area (TPSA) is 64.0 Å². The van der Waals surface area contributed by atoms with Crippen molar-refractivity contribution in [3.8, 4) is 11.1 Å². The molecule has 0 bridgehead atoms. The number of hydrogen-bond donors (Lipinski definition) is 1. The predicted molar refractivity (Wildman–Crippen MR) is 95.5 cm³/mol. The zero-order chi connectivity index (χ0) is 20.5. The summed E-state index contributed by atoms with van der Waals surface area (Å²) in [5, 5.41) is 3.82. The Labute approximate surface area is 158 Å². The van der Waals surface area contributed by atoms with Gasteiger partial charge in [0.05, 0.1) is 10.5 Å². The Morgan fingerprint density at radius 3 is 2.18 bits per heavy atom. The lowest BCUT2D eigenvalue weighted by Crippen LogP contribution is -2.15. The summed E-state index contributed by atoms with van der Waals surface area (Å²) in [4.78, 5) is -0.125. The van der Waals surface area contributed by atoms with Crippen molar-refractivity contribution in [2.75, 3.05) is 4.72 Å². The Kier molecular flexibility index (Phi) is 5.16. The predicted octanol–water partition coefficient (Wildman–Crippen LogP) is 4.53. The highest BCUT2D eigenvalue weighted by Crippen LogP contribution is 2.41. The third-order valence-corrected chi connectivity index (χ3v) is 5.29. The number of benzene rings is 2. The lowest BCUT2D eigenvalue weighted by atomic mass is 10.0. The van der Waals surface area contributed by atoms with E-state index in [1.807, 2.05) is 0 Å². The number of nitrogens with one attached hydrogen (secondary N) is 1. The van der Waals surface area contributed by atoms with E-state index < -0.39 is 39.1 Å². The molecule has 148 valence electrons. The molecule has 1 heterocycles. The van der Waals surface area contributed by atoms with Gasteiger partial charge in [0.15, 0.2) is 11.5 Å². The van der Waals surface area contributed by atoms with Crippen LogP contribution < -0.4 is 4.72 Å². The standard InChI is InChI=1S/C18H15F4N3O2S/c1-2-25-16(18(20,21)22)15(12-8-10-13(19)11-9-12)17(23-25)24-28(26,27)14-6-4-3-5-7-14/h3-11H,2H2,1H3,(H,23,24). The van der Waals surface area contributed by atoms with Gasteiger partial charge in [-0.3, -0.25) is 9.40 Å². The van der Waals surface area contributed by atoms with Crippen LogP contribution in [0.1, 0.15) is 12.6 Å². The summed E-state index contributed by atoms with van der Waals surface area (Å²) in [6.45, 7) is 1.31. The maximum atomic E-state index is 13.7. The molecule has 0 spiro atoms. The Morgan fingerprint density at radius 1 is 1.04 bits per heavy atom. The lowest BCUT2D eigenvalue weighted by molar-refractivity contribution is -0.143. The molecule has 3 rings (SSSR count). The van der Waals surface area contributed by atoms with Crippen LogP contribution in [0.5, 0.6) is 0 Å². The van der Waals surface area contributed by atoms with Gasteiger partial charge in [-0.1, -0.05) is 30.3 Å². The van der Waals surface area contributed by atoms with Crippen LogP contribution in [0.15, 0.2) is 59.5 Å². The van der Waals surface area contributed by atoms with Gasteiger partial charge in [0.25, 0.3) is 10.0 Å². The molecule has 0 unspecified atom stereocenters. The van der Waals surface area contributed by atoms with E-state index in [9.17, 15) is 26.0 Å². The third-order valence-electron chi connectivity index (χ3n) is 3.94. The average Bonchev–Trinajstić information content (AvgIpc) is 3.01. The number of anilines is 1.